The number of thiazole rings is 1. The molecule has 1 aliphatic carbocycles. The number of amides is 1. The van der Waals surface area contributed by atoms with E-state index >= 15 is 0 Å². The lowest BCUT2D eigenvalue weighted by molar-refractivity contribution is -0.123. The normalized spacial score (nSPS) is 17.1. The zero-order chi connectivity index (χ0) is 20.2. The molecule has 0 bridgehead atoms. The van der Waals surface area contributed by atoms with Gasteiger partial charge in [-0.1, -0.05) is 44.4 Å². The molecule has 6 nitrogen and oxygen atoms in total. The molecule has 29 heavy (non-hydrogen) atoms. The van der Waals surface area contributed by atoms with Crippen LogP contribution in [-0.2, 0) is 4.79 Å². The predicted molar refractivity (Wildman–Crippen MR) is 117 cm³/mol. The number of carbonyl (C=O) groups excluding carboxylic acids is 1. The first-order valence-electron chi connectivity index (χ1n) is 10.9. The van der Waals surface area contributed by atoms with E-state index in [0.29, 0.717) is 19.8 Å². The van der Waals surface area contributed by atoms with Crippen molar-refractivity contribution in [1.29, 1.82) is 0 Å². The number of carbonyl (C=O) groups is 1. The molecule has 1 amide bonds. The number of hydrogen-bond acceptors (Lipinski definition) is 6. The molecule has 158 valence electrons. The zero-order valence-corrected chi connectivity index (χ0v) is 18.3. The summed E-state index contributed by atoms with van der Waals surface area (Å²) < 4.78 is 12.5. The molecule has 7 heteroatoms. The largest absolute Gasteiger partial charge is 0.486 e. The lowest BCUT2D eigenvalue weighted by Gasteiger charge is -2.29. The third kappa shape index (κ3) is 4.51. The Labute approximate surface area is 176 Å². The minimum absolute atomic E-state index is 0.132. The Balaban J connectivity index is 1.62. The van der Waals surface area contributed by atoms with Gasteiger partial charge in [-0.15, -0.1) is 0 Å². The first-order chi connectivity index (χ1) is 14.2. The van der Waals surface area contributed by atoms with Crippen molar-refractivity contribution < 1.29 is 14.3 Å². The topological polar surface area (TPSA) is 54.9 Å². The summed E-state index contributed by atoms with van der Waals surface area (Å²) in [6.07, 6.45) is 5.56. The van der Waals surface area contributed by atoms with Crippen LogP contribution < -0.4 is 14.4 Å². The summed E-state index contributed by atoms with van der Waals surface area (Å²) in [6.45, 7) is 8.99. The van der Waals surface area contributed by atoms with Crippen LogP contribution in [0.4, 0.5) is 5.13 Å². The van der Waals surface area contributed by atoms with Crippen molar-refractivity contribution in [2.45, 2.75) is 46.0 Å². The molecule has 4 rings (SSSR count). The van der Waals surface area contributed by atoms with Crippen LogP contribution in [0.1, 0.15) is 46.0 Å². The van der Waals surface area contributed by atoms with Crippen molar-refractivity contribution in [1.82, 2.24) is 9.88 Å². The fraction of sp³-hybridized carbons (Fsp3) is 0.636. The third-order valence-corrected chi connectivity index (χ3v) is 7.07. The predicted octanol–water partition coefficient (Wildman–Crippen LogP) is 4.32. The van der Waals surface area contributed by atoms with Gasteiger partial charge in [0.25, 0.3) is 0 Å². The molecule has 0 radical (unpaired) electrons. The molecular formula is C22H31N3O3S. The third-order valence-electron chi connectivity index (χ3n) is 6.03. The average molecular weight is 418 g/mol. The smallest absolute Gasteiger partial charge is 0.231 e. The van der Waals surface area contributed by atoms with Crippen molar-refractivity contribution in [3.8, 4) is 11.5 Å². The van der Waals surface area contributed by atoms with Gasteiger partial charge in [0.2, 0.25) is 5.91 Å². The van der Waals surface area contributed by atoms with Gasteiger partial charge < -0.3 is 14.4 Å². The number of rotatable bonds is 7. The van der Waals surface area contributed by atoms with Crippen LogP contribution in [0, 0.1) is 5.92 Å². The van der Waals surface area contributed by atoms with Gasteiger partial charge in [-0.3, -0.25) is 9.69 Å². The van der Waals surface area contributed by atoms with Crippen LogP contribution in [0.2, 0.25) is 0 Å². The molecule has 1 aromatic heterocycles. The Morgan fingerprint density at radius 3 is 2.45 bits per heavy atom. The van der Waals surface area contributed by atoms with Crippen LogP contribution in [-0.4, -0.2) is 55.2 Å². The molecule has 1 aromatic carbocycles. The standard InChI is InChI=1S/C22H31N3O3S/c1-3-24(4-2)10-11-25(21(26)16-8-6-5-7-9-16)22-23-17-14-18-19(15-20(17)29-22)28-13-12-27-18/h14-16H,3-13H2,1-2H3. The lowest BCUT2D eigenvalue weighted by Crippen LogP contribution is -2.42. The summed E-state index contributed by atoms with van der Waals surface area (Å²) >= 11 is 1.58. The van der Waals surface area contributed by atoms with E-state index in [1.165, 1.54) is 6.42 Å². The molecule has 2 aromatic rings. The minimum Gasteiger partial charge on any atom is -0.486 e. The first-order valence-corrected chi connectivity index (χ1v) is 11.7. The number of anilines is 1. The van der Waals surface area contributed by atoms with E-state index < -0.39 is 0 Å². The molecule has 1 fully saturated rings. The van der Waals surface area contributed by atoms with Crippen molar-refractivity contribution >= 4 is 32.6 Å². The van der Waals surface area contributed by atoms with E-state index in [9.17, 15) is 4.79 Å². The summed E-state index contributed by atoms with van der Waals surface area (Å²) in [4.78, 5) is 22.6. The van der Waals surface area contributed by atoms with Gasteiger partial charge in [0, 0.05) is 31.1 Å². The van der Waals surface area contributed by atoms with Gasteiger partial charge >= 0.3 is 0 Å². The van der Waals surface area contributed by atoms with Gasteiger partial charge in [-0.2, -0.15) is 0 Å². The Bertz CT molecular complexity index is 800. The second kappa shape index (κ2) is 9.30. The number of aromatic nitrogens is 1. The van der Waals surface area contributed by atoms with Crippen LogP contribution >= 0.6 is 11.3 Å². The highest BCUT2D eigenvalue weighted by Crippen LogP contribution is 2.39. The molecular weight excluding hydrogens is 386 g/mol. The average Bonchev–Trinajstić information content (AvgIpc) is 3.17. The number of likely N-dealkylation sites (N-methyl/N-ethyl adjacent to an activating group) is 1. The van der Waals surface area contributed by atoms with Crippen LogP contribution in [0.3, 0.4) is 0 Å². The van der Waals surface area contributed by atoms with Gasteiger partial charge in [-0.25, -0.2) is 4.98 Å². The van der Waals surface area contributed by atoms with Crippen LogP contribution in [0.25, 0.3) is 10.2 Å². The molecule has 1 saturated carbocycles. The first kappa shape index (κ1) is 20.4. The second-order valence-corrected chi connectivity index (χ2v) is 8.82. The maximum Gasteiger partial charge on any atom is 0.231 e. The maximum atomic E-state index is 13.4. The SMILES string of the molecule is CCN(CC)CCN(C(=O)C1CCCCC1)c1nc2cc3c(cc2s1)OCCO3. The zero-order valence-electron chi connectivity index (χ0n) is 17.5. The summed E-state index contributed by atoms with van der Waals surface area (Å²) in [5, 5.41) is 0.796. The fourth-order valence-corrected chi connectivity index (χ4v) is 5.23. The summed E-state index contributed by atoms with van der Waals surface area (Å²) in [7, 11) is 0. The molecule has 0 spiro atoms. The monoisotopic (exact) mass is 417 g/mol. The number of hydrogen-bond donors (Lipinski definition) is 0. The summed E-state index contributed by atoms with van der Waals surface area (Å²) in [5.41, 5.74) is 0.874. The van der Waals surface area contributed by atoms with Crippen LogP contribution in [0.15, 0.2) is 12.1 Å². The molecule has 0 N–H and O–H groups in total. The van der Waals surface area contributed by atoms with Crippen molar-refractivity contribution in [3.63, 3.8) is 0 Å². The Hall–Kier alpha value is -1.86. The highest BCUT2D eigenvalue weighted by molar-refractivity contribution is 7.22. The number of ether oxygens (including phenoxy) is 2. The Kier molecular flexibility index (Phi) is 6.55. The second-order valence-electron chi connectivity index (χ2n) is 7.81. The fourth-order valence-electron chi connectivity index (χ4n) is 4.22. The van der Waals surface area contributed by atoms with Crippen molar-refractivity contribution in [2.24, 2.45) is 5.92 Å². The van der Waals surface area contributed by atoms with E-state index in [4.69, 9.17) is 14.5 Å². The maximum absolute atomic E-state index is 13.4. The quantitative estimate of drug-likeness (QED) is 0.671. The lowest BCUT2D eigenvalue weighted by atomic mass is 9.88. The van der Waals surface area contributed by atoms with E-state index in [1.54, 1.807) is 11.3 Å². The highest BCUT2D eigenvalue weighted by atomic mass is 32.1. The minimum atomic E-state index is 0.132. The molecule has 2 aliphatic rings. The molecule has 1 aliphatic heterocycles. The Morgan fingerprint density at radius 2 is 1.76 bits per heavy atom. The number of benzene rings is 1. The van der Waals surface area contributed by atoms with E-state index in [0.717, 1.165) is 72.2 Å². The highest BCUT2D eigenvalue weighted by Gasteiger charge is 2.29. The van der Waals surface area contributed by atoms with Gasteiger partial charge in [-0.05, 0) is 25.9 Å². The molecule has 0 saturated heterocycles. The molecule has 0 atom stereocenters. The summed E-state index contributed by atoms with van der Waals surface area (Å²) in [6, 6.07) is 3.94. The van der Waals surface area contributed by atoms with Gasteiger partial charge in [0.05, 0.1) is 10.2 Å². The molecule has 2 heterocycles. The number of nitrogens with zero attached hydrogens (tertiary/aromatic N) is 3. The van der Waals surface area contributed by atoms with Crippen LogP contribution in [0.5, 0.6) is 11.5 Å². The number of fused-ring (bicyclic) bond motifs is 2. The van der Waals surface area contributed by atoms with E-state index in [1.807, 2.05) is 17.0 Å². The van der Waals surface area contributed by atoms with E-state index in [-0.39, 0.29) is 11.8 Å². The Morgan fingerprint density at radius 1 is 1.07 bits per heavy atom. The van der Waals surface area contributed by atoms with Gasteiger partial charge in [0.1, 0.15) is 13.2 Å². The summed E-state index contributed by atoms with van der Waals surface area (Å²) in [5.74, 6) is 1.89. The van der Waals surface area contributed by atoms with Crippen molar-refractivity contribution in [2.75, 3.05) is 44.3 Å². The molecule has 0 unspecified atom stereocenters. The van der Waals surface area contributed by atoms with E-state index in [2.05, 4.69) is 18.7 Å². The van der Waals surface area contributed by atoms with Crippen molar-refractivity contribution in [3.05, 3.63) is 12.1 Å². The van der Waals surface area contributed by atoms with Gasteiger partial charge in [0.15, 0.2) is 16.6 Å².